The molecule has 0 aliphatic carbocycles. The van der Waals surface area contributed by atoms with Crippen molar-refractivity contribution in [1.82, 2.24) is 5.32 Å². The third-order valence-corrected chi connectivity index (χ3v) is 4.34. The van der Waals surface area contributed by atoms with Gasteiger partial charge in [-0.2, -0.15) is 0 Å². The maximum absolute atomic E-state index is 12.1. The quantitative estimate of drug-likeness (QED) is 0.640. The van der Waals surface area contributed by atoms with Gasteiger partial charge in [0.05, 0.1) is 10.6 Å². The van der Waals surface area contributed by atoms with E-state index < -0.39 is 0 Å². The summed E-state index contributed by atoms with van der Waals surface area (Å²) in [5.74, 6) is 0.635. The Morgan fingerprint density at radius 3 is 2.76 bits per heavy atom. The van der Waals surface area contributed by atoms with Crippen molar-refractivity contribution < 1.29 is 9.53 Å². The number of ether oxygens (including phenoxy) is 1. The molecule has 0 atom stereocenters. The maximum Gasteiger partial charge on any atom is 0.264 e. The van der Waals surface area contributed by atoms with E-state index in [1.165, 1.54) is 11.8 Å². The van der Waals surface area contributed by atoms with Crippen LogP contribution >= 0.6 is 11.8 Å². The lowest BCUT2D eigenvalue weighted by Crippen LogP contribution is -2.19. The largest absolute Gasteiger partial charge is 0.490 e. The maximum atomic E-state index is 12.1. The van der Waals surface area contributed by atoms with Gasteiger partial charge in [-0.05, 0) is 60.2 Å². The first-order valence-corrected chi connectivity index (χ1v) is 8.66. The number of aryl methyl sites for hydroxylation is 1. The van der Waals surface area contributed by atoms with Crippen LogP contribution in [-0.2, 0) is 4.79 Å². The lowest BCUT2D eigenvalue weighted by Gasteiger charge is -2.03. The van der Waals surface area contributed by atoms with E-state index in [4.69, 9.17) is 4.74 Å². The molecule has 1 aliphatic heterocycles. The Bertz CT molecular complexity index is 854. The molecule has 1 heterocycles. The summed E-state index contributed by atoms with van der Waals surface area (Å²) in [4.78, 5) is 17.2. The molecule has 1 N–H and O–H groups in total. The van der Waals surface area contributed by atoms with E-state index >= 15 is 0 Å². The summed E-state index contributed by atoms with van der Waals surface area (Å²) < 4.78 is 5.45. The van der Waals surface area contributed by atoms with Crippen LogP contribution in [0, 0.1) is 6.92 Å². The summed E-state index contributed by atoms with van der Waals surface area (Å²) >= 11 is 1.34. The Morgan fingerprint density at radius 1 is 1.24 bits per heavy atom. The van der Waals surface area contributed by atoms with E-state index in [1.54, 1.807) is 6.08 Å². The van der Waals surface area contributed by atoms with Gasteiger partial charge in [-0.3, -0.25) is 4.79 Å². The number of benzene rings is 2. The third kappa shape index (κ3) is 4.61. The second-order valence-electron chi connectivity index (χ2n) is 5.49. The highest BCUT2D eigenvalue weighted by Crippen LogP contribution is 2.28. The molecule has 2 aromatic carbocycles. The fraction of sp³-hybridized carbons (Fsp3) is 0.100. The number of carbonyl (C=O) groups is 1. The molecule has 0 unspecified atom stereocenters. The predicted octanol–water partition coefficient (Wildman–Crippen LogP) is 4.45. The summed E-state index contributed by atoms with van der Waals surface area (Å²) in [5.41, 5.74) is 2.89. The number of nitrogens with one attached hydrogen (secondary N) is 1. The molecule has 25 heavy (non-hydrogen) atoms. The van der Waals surface area contributed by atoms with Crippen LogP contribution in [0.15, 0.2) is 71.1 Å². The third-order valence-electron chi connectivity index (χ3n) is 3.43. The number of amidine groups is 1. The topological polar surface area (TPSA) is 50.7 Å². The molecule has 1 fully saturated rings. The SMILES string of the molecule is C=CCOc1ccc(/C=C2/SC(=Nc3cccc(C)c3)NC2=O)cc1. The number of hydrogen-bond acceptors (Lipinski definition) is 4. The summed E-state index contributed by atoms with van der Waals surface area (Å²) in [6.45, 7) is 6.10. The molecule has 0 spiro atoms. The molecule has 0 saturated carbocycles. The molecule has 1 aliphatic rings. The minimum Gasteiger partial charge on any atom is -0.490 e. The van der Waals surface area contributed by atoms with Crippen molar-refractivity contribution in [3.63, 3.8) is 0 Å². The molecule has 4 nitrogen and oxygen atoms in total. The molecule has 1 amide bonds. The lowest BCUT2D eigenvalue weighted by atomic mass is 10.2. The Kier molecular flexibility index (Phi) is 5.36. The lowest BCUT2D eigenvalue weighted by molar-refractivity contribution is -0.115. The van der Waals surface area contributed by atoms with Crippen LogP contribution in [0.25, 0.3) is 6.08 Å². The zero-order valence-electron chi connectivity index (χ0n) is 13.9. The number of carbonyl (C=O) groups excluding carboxylic acids is 1. The molecule has 0 bridgehead atoms. The summed E-state index contributed by atoms with van der Waals surface area (Å²) in [6.07, 6.45) is 3.54. The average Bonchev–Trinajstić information content (AvgIpc) is 2.93. The van der Waals surface area contributed by atoms with Crippen LogP contribution in [0.3, 0.4) is 0 Å². The number of rotatable bonds is 5. The summed E-state index contributed by atoms with van der Waals surface area (Å²) in [5, 5.41) is 3.39. The number of amides is 1. The van der Waals surface area contributed by atoms with Gasteiger partial charge in [-0.1, -0.05) is 36.9 Å². The van der Waals surface area contributed by atoms with Crippen LogP contribution in [0.2, 0.25) is 0 Å². The number of nitrogens with zero attached hydrogens (tertiary/aromatic N) is 1. The molecule has 5 heteroatoms. The predicted molar refractivity (Wildman–Crippen MR) is 104 cm³/mol. The van der Waals surface area contributed by atoms with Gasteiger partial charge in [-0.15, -0.1) is 0 Å². The second kappa shape index (κ2) is 7.85. The van der Waals surface area contributed by atoms with Crippen molar-refractivity contribution in [2.45, 2.75) is 6.92 Å². The molecule has 0 aromatic heterocycles. The molecule has 126 valence electrons. The van der Waals surface area contributed by atoms with E-state index in [1.807, 2.05) is 61.5 Å². The van der Waals surface area contributed by atoms with Gasteiger partial charge in [0.2, 0.25) is 0 Å². The Hall–Kier alpha value is -2.79. The molecule has 1 saturated heterocycles. The average molecular weight is 350 g/mol. The molecule has 3 rings (SSSR count). The van der Waals surface area contributed by atoms with E-state index in [0.29, 0.717) is 16.7 Å². The Labute approximate surface area is 151 Å². The van der Waals surface area contributed by atoms with Crippen LogP contribution in [0.1, 0.15) is 11.1 Å². The van der Waals surface area contributed by atoms with E-state index in [0.717, 1.165) is 22.6 Å². The zero-order valence-corrected chi connectivity index (χ0v) is 14.7. The van der Waals surface area contributed by atoms with Crippen molar-refractivity contribution in [2.24, 2.45) is 4.99 Å². The fourth-order valence-electron chi connectivity index (χ4n) is 2.26. The molecular formula is C20H18N2O2S. The van der Waals surface area contributed by atoms with Gasteiger partial charge in [-0.25, -0.2) is 4.99 Å². The highest BCUT2D eigenvalue weighted by Gasteiger charge is 2.23. The zero-order chi connectivity index (χ0) is 17.6. The molecular weight excluding hydrogens is 332 g/mol. The first-order chi connectivity index (χ1) is 12.1. The Balaban J connectivity index is 1.73. The van der Waals surface area contributed by atoms with Crippen LogP contribution in [0.4, 0.5) is 5.69 Å². The molecule has 2 aromatic rings. The van der Waals surface area contributed by atoms with Crippen molar-refractivity contribution >= 4 is 34.6 Å². The van der Waals surface area contributed by atoms with Crippen molar-refractivity contribution in [3.8, 4) is 5.75 Å². The number of thioether (sulfide) groups is 1. The van der Waals surface area contributed by atoms with Gasteiger partial charge in [0.25, 0.3) is 5.91 Å². The van der Waals surface area contributed by atoms with E-state index in [2.05, 4.69) is 16.9 Å². The van der Waals surface area contributed by atoms with Gasteiger partial charge < -0.3 is 10.1 Å². The van der Waals surface area contributed by atoms with Crippen LogP contribution in [-0.4, -0.2) is 17.7 Å². The first-order valence-electron chi connectivity index (χ1n) is 7.84. The van der Waals surface area contributed by atoms with Gasteiger partial charge in [0, 0.05) is 0 Å². The van der Waals surface area contributed by atoms with E-state index in [-0.39, 0.29) is 5.91 Å². The second-order valence-corrected chi connectivity index (χ2v) is 6.52. The number of aliphatic imine (C=N–C) groups is 1. The summed E-state index contributed by atoms with van der Waals surface area (Å²) in [7, 11) is 0. The summed E-state index contributed by atoms with van der Waals surface area (Å²) in [6, 6.07) is 15.4. The van der Waals surface area contributed by atoms with Gasteiger partial charge in [0.15, 0.2) is 5.17 Å². The minimum absolute atomic E-state index is 0.136. The van der Waals surface area contributed by atoms with Gasteiger partial charge >= 0.3 is 0 Å². The number of hydrogen-bond donors (Lipinski definition) is 1. The Morgan fingerprint density at radius 2 is 2.04 bits per heavy atom. The fourth-order valence-corrected chi connectivity index (χ4v) is 3.10. The van der Waals surface area contributed by atoms with E-state index in [9.17, 15) is 4.79 Å². The normalized spacial score (nSPS) is 16.9. The highest BCUT2D eigenvalue weighted by molar-refractivity contribution is 8.18. The van der Waals surface area contributed by atoms with Crippen LogP contribution in [0.5, 0.6) is 5.75 Å². The standard InChI is InChI=1S/C20H18N2O2S/c1-3-11-24-17-9-7-15(8-10-17)13-18-19(23)22-20(25-18)21-16-6-4-5-14(2)12-16/h3-10,12-13H,1,11H2,2H3,(H,21,22,23)/b18-13+. The smallest absolute Gasteiger partial charge is 0.264 e. The van der Waals surface area contributed by atoms with Gasteiger partial charge in [0.1, 0.15) is 12.4 Å². The first kappa shape index (κ1) is 17.0. The van der Waals surface area contributed by atoms with Crippen molar-refractivity contribution in [1.29, 1.82) is 0 Å². The van der Waals surface area contributed by atoms with Crippen molar-refractivity contribution in [3.05, 3.63) is 77.2 Å². The minimum atomic E-state index is -0.136. The highest BCUT2D eigenvalue weighted by atomic mass is 32.2. The van der Waals surface area contributed by atoms with Crippen LogP contribution < -0.4 is 10.1 Å². The van der Waals surface area contributed by atoms with Crippen molar-refractivity contribution in [2.75, 3.05) is 6.61 Å². The monoisotopic (exact) mass is 350 g/mol. The molecule has 0 radical (unpaired) electrons.